The quantitative estimate of drug-likeness (QED) is 0.657. The van der Waals surface area contributed by atoms with Gasteiger partial charge in [0.15, 0.2) is 23.2 Å². The molecule has 0 saturated heterocycles. The van der Waals surface area contributed by atoms with Crippen molar-refractivity contribution in [3.05, 3.63) is 29.8 Å². The maximum atomic E-state index is 12.2. The van der Waals surface area contributed by atoms with Crippen molar-refractivity contribution >= 4 is 17.8 Å². The van der Waals surface area contributed by atoms with Crippen molar-refractivity contribution in [2.45, 2.75) is 38.1 Å². The molecule has 1 aromatic rings. The molecule has 0 radical (unpaired) electrons. The minimum Gasteiger partial charge on any atom is -0.454 e. The van der Waals surface area contributed by atoms with Gasteiger partial charge in [0.05, 0.1) is 6.07 Å². The predicted molar refractivity (Wildman–Crippen MR) is 90.7 cm³/mol. The number of ketones is 1. The van der Waals surface area contributed by atoms with Gasteiger partial charge in [-0.05, 0) is 36.6 Å². The zero-order valence-electron chi connectivity index (χ0n) is 13.9. The topological polar surface area (TPSA) is 88.4 Å². The molecule has 1 heterocycles. The number of nitrogens with one attached hydrogen (secondary N) is 1. The number of hydrogen-bond acceptors (Lipinski definition) is 5. The van der Waals surface area contributed by atoms with Gasteiger partial charge in [0.2, 0.25) is 12.7 Å². The van der Waals surface area contributed by atoms with Crippen molar-refractivity contribution in [1.29, 1.82) is 5.26 Å². The SMILES string of the molecule is N#C[C@@H](C(=O)/C=C\c1ccc2c(c1)OCO2)C(=O)NC1CCCCC1. The molecule has 130 valence electrons. The number of nitriles is 1. The van der Waals surface area contributed by atoms with Crippen LogP contribution in [0.4, 0.5) is 0 Å². The summed E-state index contributed by atoms with van der Waals surface area (Å²) >= 11 is 0. The standard InChI is InChI=1S/C19H20N2O4/c20-11-15(19(23)21-14-4-2-1-3-5-14)16(22)8-6-13-7-9-17-18(10-13)25-12-24-17/h6-10,14-15H,1-5,12H2,(H,21,23)/b8-6-/t15-/m0/s1. The van der Waals surface area contributed by atoms with Crippen LogP contribution in [0.3, 0.4) is 0 Å². The van der Waals surface area contributed by atoms with Gasteiger partial charge < -0.3 is 14.8 Å². The van der Waals surface area contributed by atoms with Crippen LogP contribution in [-0.4, -0.2) is 24.5 Å². The van der Waals surface area contributed by atoms with Crippen molar-refractivity contribution in [2.24, 2.45) is 5.92 Å². The average molecular weight is 340 g/mol. The summed E-state index contributed by atoms with van der Waals surface area (Å²) in [5.41, 5.74) is 0.738. The van der Waals surface area contributed by atoms with Crippen molar-refractivity contribution in [3.8, 4) is 17.6 Å². The Bertz CT molecular complexity index is 729. The van der Waals surface area contributed by atoms with Gasteiger partial charge >= 0.3 is 0 Å². The highest BCUT2D eigenvalue weighted by atomic mass is 16.7. The lowest BCUT2D eigenvalue weighted by atomic mass is 9.94. The number of amides is 1. The Hall–Kier alpha value is -2.81. The van der Waals surface area contributed by atoms with Gasteiger partial charge in [-0.15, -0.1) is 0 Å². The monoisotopic (exact) mass is 340 g/mol. The molecule has 0 unspecified atom stereocenters. The molecular formula is C19H20N2O4. The van der Waals surface area contributed by atoms with E-state index in [0.29, 0.717) is 11.5 Å². The molecule has 6 nitrogen and oxygen atoms in total. The Balaban J connectivity index is 1.61. The first-order valence-corrected chi connectivity index (χ1v) is 8.49. The van der Waals surface area contributed by atoms with Crippen molar-refractivity contribution in [1.82, 2.24) is 5.32 Å². The second-order valence-electron chi connectivity index (χ2n) is 6.25. The van der Waals surface area contributed by atoms with Crippen LogP contribution in [0.5, 0.6) is 11.5 Å². The highest BCUT2D eigenvalue weighted by Crippen LogP contribution is 2.32. The van der Waals surface area contributed by atoms with Gasteiger partial charge in [-0.2, -0.15) is 5.26 Å². The van der Waals surface area contributed by atoms with E-state index in [0.717, 1.165) is 31.2 Å². The first-order valence-electron chi connectivity index (χ1n) is 8.49. The molecule has 25 heavy (non-hydrogen) atoms. The van der Waals surface area contributed by atoms with E-state index in [1.807, 2.05) is 6.07 Å². The Morgan fingerprint density at radius 2 is 1.96 bits per heavy atom. The minimum absolute atomic E-state index is 0.0720. The average Bonchev–Trinajstić information content (AvgIpc) is 3.09. The molecule has 1 aromatic carbocycles. The lowest BCUT2D eigenvalue weighted by molar-refractivity contribution is -0.130. The summed E-state index contributed by atoms with van der Waals surface area (Å²) in [6.07, 6.45) is 7.97. The first-order chi connectivity index (χ1) is 12.2. The number of carbonyl (C=O) groups excluding carboxylic acids is 2. The summed E-state index contributed by atoms with van der Waals surface area (Å²) in [5.74, 6) is -1.07. The highest BCUT2D eigenvalue weighted by molar-refractivity contribution is 6.10. The van der Waals surface area contributed by atoms with Gasteiger partial charge in [-0.25, -0.2) is 0 Å². The van der Waals surface area contributed by atoms with Crippen molar-refractivity contribution < 1.29 is 19.1 Å². The van der Waals surface area contributed by atoms with E-state index in [1.54, 1.807) is 24.3 Å². The van der Waals surface area contributed by atoms with E-state index in [-0.39, 0.29) is 12.8 Å². The number of fused-ring (bicyclic) bond motifs is 1. The molecule has 1 aliphatic heterocycles. The normalized spacial score (nSPS) is 17.9. The summed E-state index contributed by atoms with van der Waals surface area (Å²) in [6.45, 7) is 0.180. The molecule has 1 fully saturated rings. The third kappa shape index (κ3) is 4.18. The molecule has 1 atom stereocenters. The van der Waals surface area contributed by atoms with E-state index < -0.39 is 17.6 Å². The number of allylic oxidation sites excluding steroid dienone is 1. The molecule has 1 aliphatic carbocycles. The Morgan fingerprint density at radius 1 is 1.20 bits per heavy atom. The highest BCUT2D eigenvalue weighted by Gasteiger charge is 2.27. The molecule has 2 aliphatic rings. The van der Waals surface area contributed by atoms with Gasteiger partial charge in [0.1, 0.15) is 0 Å². The number of rotatable bonds is 5. The summed E-state index contributed by atoms with van der Waals surface area (Å²) in [4.78, 5) is 24.5. The number of nitrogens with zero attached hydrogens (tertiary/aromatic N) is 1. The van der Waals surface area contributed by atoms with Gasteiger partial charge in [-0.1, -0.05) is 31.4 Å². The van der Waals surface area contributed by atoms with Crippen LogP contribution in [0, 0.1) is 17.2 Å². The lowest BCUT2D eigenvalue weighted by Crippen LogP contribution is -2.41. The zero-order chi connectivity index (χ0) is 17.6. The van der Waals surface area contributed by atoms with Crippen LogP contribution in [-0.2, 0) is 9.59 Å². The summed E-state index contributed by atoms with van der Waals surface area (Å²) in [7, 11) is 0. The van der Waals surface area contributed by atoms with Gasteiger partial charge in [0, 0.05) is 6.04 Å². The van der Waals surface area contributed by atoms with Crippen LogP contribution >= 0.6 is 0 Å². The molecule has 6 heteroatoms. The second-order valence-corrected chi connectivity index (χ2v) is 6.25. The van der Waals surface area contributed by atoms with Gasteiger partial charge in [0.25, 0.3) is 0 Å². The fourth-order valence-electron chi connectivity index (χ4n) is 3.07. The minimum atomic E-state index is -1.31. The molecule has 0 spiro atoms. The predicted octanol–water partition coefficient (Wildman–Crippen LogP) is 2.59. The molecule has 1 saturated carbocycles. The molecule has 1 amide bonds. The van der Waals surface area contributed by atoms with Crippen molar-refractivity contribution in [3.63, 3.8) is 0 Å². The zero-order valence-corrected chi connectivity index (χ0v) is 13.9. The van der Waals surface area contributed by atoms with Crippen molar-refractivity contribution in [2.75, 3.05) is 6.79 Å². The maximum Gasteiger partial charge on any atom is 0.245 e. The fourth-order valence-corrected chi connectivity index (χ4v) is 3.07. The Morgan fingerprint density at radius 3 is 2.72 bits per heavy atom. The third-order valence-electron chi connectivity index (χ3n) is 4.46. The number of hydrogen-bond donors (Lipinski definition) is 1. The fraction of sp³-hybridized carbons (Fsp3) is 0.421. The Kier molecular flexibility index (Phi) is 5.34. The molecule has 0 bridgehead atoms. The third-order valence-corrected chi connectivity index (χ3v) is 4.46. The lowest BCUT2D eigenvalue weighted by Gasteiger charge is -2.23. The summed E-state index contributed by atoms with van der Waals surface area (Å²) in [6, 6.07) is 7.16. The maximum absolute atomic E-state index is 12.2. The number of benzene rings is 1. The van der Waals surface area contributed by atoms with Crippen LogP contribution in [0.1, 0.15) is 37.7 Å². The summed E-state index contributed by atoms with van der Waals surface area (Å²) in [5, 5.41) is 12.0. The number of ether oxygens (including phenoxy) is 2. The molecular weight excluding hydrogens is 320 g/mol. The van der Waals surface area contributed by atoms with E-state index >= 15 is 0 Å². The Labute approximate surface area is 146 Å². The van der Waals surface area contributed by atoms with Crippen LogP contribution in [0.2, 0.25) is 0 Å². The summed E-state index contributed by atoms with van der Waals surface area (Å²) < 4.78 is 10.5. The largest absolute Gasteiger partial charge is 0.454 e. The smallest absolute Gasteiger partial charge is 0.245 e. The van der Waals surface area contributed by atoms with Crippen LogP contribution < -0.4 is 14.8 Å². The first kappa shape index (κ1) is 17.0. The van der Waals surface area contributed by atoms with E-state index in [9.17, 15) is 14.9 Å². The van der Waals surface area contributed by atoms with Gasteiger partial charge in [-0.3, -0.25) is 9.59 Å². The molecule has 0 aromatic heterocycles. The molecule has 1 N–H and O–H groups in total. The van der Waals surface area contributed by atoms with Crippen LogP contribution in [0.15, 0.2) is 24.3 Å². The molecule has 3 rings (SSSR count). The van der Waals surface area contributed by atoms with E-state index in [4.69, 9.17) is 9.47 Å². The van der Waals surface area contributed by atoms with E-state index in [1.165, 1.54) is 12.5 Å². The number of carbonyl (C=O) groups is 2. The van der Waals surface area contributed by atoms with E-state index in [2.05, 4.69) is 5.32 Å². The second kappa shape index (κ2) is 7.84. The van der Waals surface area contributed by atoms with Crippen LogP contribution in [0.25, 0.3) is 6.08 Å².